The summed E-state index contributed by atoms with van der Waals surface area (Å²) in [5.41, 5.74) is 6.91. The van der Waals surface area contributed by atoms with Gasteiger partial charge in [-0.25, -0.2) is 4.79 Å². The highest BCUT2D eigenvalue weighted by atomic mass is 16.4. The SMILES string of the molecule is CCC(C)C(N)C(=O)NC(Cc1ccccc1)C(=O)N1CCCC1C(=O)NC(C(=O)O)C(C)O. The average Bonchev–Trinajstić information content (AvgIpc) is 3.30. The summed E-state index contributed by atoms with van der Waals surface area (Å²) in [5.74, 6) is -2.97. The number of nitrogens with one attached hydrogen (secondary N) is 2. The lowest BCUT2D eigenvalue weighted by Gasteiger charge is -2.30. The molecule has 0 bridgehead atoms. The first kappa shape index (κ1) is 27.3. The summed E-state index contributed by atoms with van der Waals surface area (Å²) < 4.78 is 0. The maximum Gasteiger partial charge on any atom is 0.328 e. The van der Waals surface area contributed by atoms with Gasteiger partial charge in [-0.05, 0) is 31.2 Å². The van der Waals surface area contributed by atoms with Gasteiger partial charge >= 0.3 is 5.97 Å². The summed E-state index contributed by atoms with van der Waals surface area (Å²) in [6.45, 7) is 5.35. The maximum absolute atomic E-state index is 13.5. The fourth-order valence-electron chi connectivity index (χ4n) is 3.97. The van der Waals surface area contributed by atoms with Crippen LogP contribution in [0.4, 0.5) is 0 Å². The van der Waals surface area contributed by atoms with Crippen LogP contribution < -0.4 is 16.4 Å². The van der Waals surface area contributed by atoms with Crippen LogP contribution in [0, 0.1) is 5.92 Å². The maximum atomic E-state index is 13.5. The van der Waals surface area contributed by atoms with E-state index in [9.17, 15) is 29.4 Å². The van der Waals surface area contributed by atoms with Gasteiger partial charge in [0.1, 0.15) is 12.1 Å². The molecule has 0 aromatic heterocycles. The molecule has 1 aliphatic heterocycles. The second kappa shape index (κ2) is 12.5. The Morgan fingerprint density at radius 1 is 1.15 bits per heavy atom. The van der Waals surface area contributed by atoms with Crippen LogP contribution in [0.15, 0.2) is 30.3 Å². The van der Waals surface area contributed by atoms with Crippen LogP contribution in [0.2, 0.25) is 0 Å². The van der Waals surface area contributed by atoms with E-state index in [-0.39, 0.29) is 12.3 Å². The van der Waals surface area contributed by atoms with E-state index in [4.69, 9.17) is 5.73 Å². The van der Waals surface area contributed by atoms with Crippen molar-refractivity contribution in [1.82, 2.24) is 15.5 Å². The molecule has 0 radical (unpaired) electrons. The average molecular weight is 477 g/mol. The molecule has 1 fully saturated rings. The number of aliphatic hydroxyl groups is 1. The van der Waals surface area contributed by atoms with E-state index >= 15 is 0 Å². The molecule has 6 unspecified atom stereocenters. The number of benzene rings is 1. The van der Waals surface area contributed by atoms with Crippen molar-refractivity contribution in [3.8, 4) is 0 Å². The van der Waals surface area contributed by atoms with Crippen molar-refractivity contribution in [2.75, 3.05) is 6.54 Å². The van der Waals surface area contributed by atoms with Crippen molar-refractivity contribution >= 4 is 23.7 Å². The first-order chi connectivity index (χ1) is 16.1. The van der Waals surface area contributed by atoms with Gasteiger partial charge in [-0.2, -0.15) is 0 Å². The number of hydrogen-bond acceptors (Lipinski definition) is 6. The van der Waals surface area contributed by atoms with Crippen LogP contribution >= 0.6 is 0 Å². The molecule has 188 valence electrons. The number of carboxylic acids is 1. The number of aliphatic hydroxyl groups excluding tert-OH is 1. The van der Waals surface area contributed by atoms with Crippen LogP contribution in [0.5, 0.6) is 0 Å². The number of likely N-dealkylation sites (tertiary alicyclic amines) is 1. The van der Waals surface area contributed by atoms with E-state index in [0.717, 1.165) is 5.56 Å². The van der Waals surface area contributed by atoms with Crippen molar-refractivity contribution < 1.29 is 29.4 Å². The summed E-state index contributed by atoms with van der Waals surface area (Å²) in [6, 6.07) is 5.09. The summed E-state index contributed by atoms with van der Waals surface area (Å²) >= 11 is 0. The van der Waals surface area contributed by atoms with Gasteiger partial charge in [0.05, 0.1) is 12.1 Å². The Morgan fingerprint density at radius 3 is 2.35 bits per heavy atom. The Morgan fingerprint density at radius 2 is 1.79 bits per heavy atom. The van der Waals surface area contributed by atoms with E-state index in [2.05, 4.69) is 10.6 Å². The fourth-order valence-corrected chi connectivity index (χ4v) is 3.97. The van der Waals surface area contributed by atoms with Crippen molar-refractivity contribution in [2.45, 2.75) is 76.7 Å². The molecule has 0 aliphatic carbocycles. The molecule has 1 heterocycles. The first-order valence-electron chi connectivity index (χ1n) is 11.7. The fraction of sp³-hybridized carbons (Fsp3) is 0.583. The zero-order valence-corrected chi connectivity index (χ0v) is 19.9. The van der Waals surface area contributed by atoms with Gasteiger partial charge in [-0.3, -0.25) is 14.4 Å². The van der Waals surface area contributed by atoms with Crippen molar-refractivity contribution in [2.24, 2.45) is 11.7 Å². The minimum absolute atomic E-state index is 0.0776. The second-order valence-corrected chi connectivity index (χ2v) is 8.92. The van der Waals surface area contributed by atoms with Crippen molar-refractivity contribution in [1.29, 1.82) is 0 Å². The minimum Gasteiger partial charge on any atom is -0.480 e. The van der Waals surface area contributed by atoms with Crippen LogP contribution in [0.3, 0.4) is 0 Å². The molecule has 1 aromatic rings. The normalized spacial score (nSPS) is 20.0. The van der Waals surface area contributed by atoms with E-state index in [1.54, 1.807) is 0 Å². The second-order valence-electron chi connectivity index (χ2n) is 8.92. The molecule has 6 atom stereocenters. The van der Waals surface area contributed by atoms with Crippen LogP contribution in [0.25, 0.3) is 0 Å². The number of nitrogens with zero attached hydrogens (tertiary/aromatic N) is 1. The lowest BCUT2D eigenvalue weighted by atomic mass is 9.98. The first-order valence-corrected chi connectivity index (χ1v) is 11.7. The Bertz CT molecular complexity index is 862. The van der Waals surface area contributed by atoms with Gasteiger partial charge in [0.15, 0.2) is 6.04 Å². The highest BCUT2D eigenvalue weighted by Gasteiger charge is 2.40. The number of hydrogen-bond donors (Lipinski definition) is 5. The van der Waals surface area contributed by atoms with E-state index in [1.807, 2.05) is 44.2 Å². The molecule has 1 aromatic carbocycles. The lowest BCUT2D eigenvalue weighted by molar-refractivity contribution is -0.147. The Labute approximate surface area is 199 Å². The number of carboxylic acid groups (broad SMARTS) is 1. The molecule has 10 nitrogen and oxygen atoms in total. The van der Waals surface area contributed by atoms with Gasteiger partial charge in [0.2, 0.25) is 17.7 Å². The number of nitrogens with two attached hydrogens (primary N) is 1. The monoisotopic (exact) mass is 476 g/mol. The highest BCUT2D eigenvalue weighted by Crippen LogP contribution is 2.20. The molecule has 1 saturated heterocycles. The molecular formula is C24H36N4O6. The number of carbonyl (C=O) groups is 4. The minimum atomic E-state index is -1.49. The van der Waals surface area contributed by atoms with Gasteiger partial charge in [0, 0.05) is 13.0 Å². The predicted octanol–water partition coefficient (Wildman–Crippen LogP) is 0.0285. The summed E-state index contributed by atoms with van der Waals surface area (Å²) in [7, 11) is 0. The van der Waals surface area contributed by atoms with E-state index < -0.39 is 54.0 Å². The van der Waals surface area contributed by atoms with Crippen LogP contribution in [0.1, 0.15) is 45.6 Å². The number of aliphatic carboxylic acids is 1. The zero-order chi connectivity index (χ0) is 25.4. The summed E-state index contributed by atoms with van der Waals surface area (Å²) in [6.07, 6.45) is 0.513. The summed E-state index contributed by atoms with van der Waals surface area (Å²) in [5, 5.41) is 24.0. The Kier molecular flexibility index (Phi) is 10.0. The highest BCUT2D eigenvalue weighted by molar-refractivity contribution is 5.94. The zero-order valence-electron chi connectivity index (χ0n) is 19.9. The third kappa shape index (κ3) is 7.01. The van der Waals surface area contributed by atoms with Crippen molar-refractivity contribution in [3.63, 3.8) is 0 Å². The standard InChI is InChI=1S/C24H36N4O6/c1-4-14(2)19(25)22(31)26-17(13-16-9-6-5-7-10-16)23(32)28-12-8-11-18(28)21(30)27-20(15(3)29)24(33)34/h5-7,9-10,14-15,17-20,29H,4,8,11-13,25H2,1-3H3,(H,26,31)(H,27,30)(H,33,34). The van der Waals surface area contributed by atoms with E-state index in [1.165, 1.54) is 11.8 Å². The molecule has 6 N–H and O–H groups in total. The molecule has 3 amide bonds. The third-order valence-electron chi connectivity index (χ3n) is 6.34. The molecule has 2 rings (SSSR count). The quantitative estimate of drug-likeness (QED) is 0.301. The van der Waals surface area contributed by atoms with Crippen molar-refractivity contribution in [3.05, 3.63) is 35.9 Å². The molecule has 0 saturated carbocycles. The molecule has 10 heteroatoms. The molecular weight excluding hydrogens is 440 g/mol. The van der Waals surface area contributed by atoms with Gasteiger partial charge in [0.25, 0.3) is 0 Å². The van der Waals surface area contributed by atoms with Crippen LogP contribution in [-0.4, -0.2) is 75.6 Å². The smallest absolute Gasteiger partial charge is 0.328 e. The predicted molar refractivity (Wildman–Crippen MR) is 125 cm³/mol. The Hall–Kier alpha value is -2.98. The van der Waals surface area contributed by atoms with Gasteiger partial charge in [-0.15, -0.1) is 0 Å². The van der Waals surface area contributed by atoms with Gasteiger partial charge < -0.3 is 31.5 Å². The molecule has 34 heavy (non-hydrogen) atoms. The molecule has 1 aliphatic rings. The van der Waals surface area contributed by atoms with Crippen LogP contribution in [-0.2, 0) is 25.6 Å². The largest absolute Gasteiger partial charge is 0.480 e. The Balaban J connectivity index is 2.23. The number of rotatable bonds is 11. The third-order valence-corrected chi connectivity index (χ3v) is 6.34. The van der Waals surface area contributed by atoms with Gasteiger partial charge in [-0.1, -0.05) is 50.6 Å². The topological polar surface area (TPSA) is 162 Å². The number of amides is 3. The number of carbonyl (C=O) groups excluding carboxylic acids is 3. The van der Waals surface area contributed by atoms with E-state index in [0.29, 0.717) is 25.8 Å². The lowest BCUT2D eigenvalue weighted by Crippen LogP contribution is -2.58. The summed E-state index contributed by atoms with van der Waals surface area (Å²) in [4.78, 5) is 51.9. The molecule has 0 spiro atoms.